The molecule has 2 heterocycles. The van der Waals surface area contributed by atoms with Crippen molar-refractivity contribution in [3.63, 3.8) is 0 Å². The molecule has 1 atom stereocenters. The summed E-state index contributed by atoms with van der Waals surface area (Å²) < 4.78 is 0. The van der Waals surface area contributed by atoms with E-state index in [9.17, 15) is 4.79 Å². The molecule has 4 rings (SSSR count). The molecule has 0 aliphatic carbocycles. The Labute approximate surface area is 160 Å². The molecule has 2 aromatic rings. The number of halogens is 1. The number of para-hydroxylation sites is 1. The zero-order chi connectivity index (χ0) is 18.1. The van der Waals surface area contributed by atoms with Gasteiger partial charge >= 0.3 is 0 Å². The van der Waals surface area contributed by atoms with Crippen LogP contribution in [0.2, 0.25) is 5.02 Å². The van der Waals surface area contributed by atoms with Gasteiger partial charge in [-0.3, -0.25) is 9.69 Å². The molecule has 136 valence electrons. The number of amides is 1. The molecule has 1 amide bonds. The summed E-state index contributed by atoms with van der Waals surface area (Å²) in [6, 6.07) is 16.1. The lowest BCUT2D eigenvalue weighted by Crippen LogP contribution is -2.54. The van der Waals surface area contributed by atoms with Gasteiger partial charge in [0.15, 0.2) is 0 Å². The molecular formula is C21H24ClN3O. The Kier molecular flexibility index (Phi) is 4.88. The predicted molar refractivity (Wildman–Crippen MR) is 107 cm³/mol. The van der Waals surface area contributed by atoms with Crippen LogP contribution in [0.4, 0.5) is 11.4 Å². The summed E-state index contributed by atoms with van der Waals surface area (Å²) in [6.07, 6.45) is 0.956. The molecule has 4 nitrogen and oxygen atoms in total. The van der Waals surface area contributed by atoms with Crippen molar-refractivity contribution < 1.29 is 4.79 Å². The molecule has 1 fully saturated rings. The molecule has 0 N–H and O–H groups in total. The Morgan fingerprint density at radius 1 is 1.00 bits per heavy atom. The number of fused-ring (bicyclic) bond motifs is 1. The van der Waals surface area contributed by atoms with Gasteiger partial charge in [-0.15, -0.1) is 0 Å². The van der Waals surface area contributed by atoms with E-state index in [0.717, 1.165) is 55.5 Å². The van der Waals surface area contributed by atoms with Gasteiger partial charge in [0, 0.05) is 49.1 Å². The molecule has 0 saturated carbocycles. The molecule has 2 aliphatic rings. The highest BCUT2D eigenvalue weighted by Gasteiger charge is 2.32. The van der Waals surface area contributed by atoms with Gasteiger partial charge in [-0.05, 0) is 43.2 Å². The average molecular weight is 370 g/mol. The van der Waals surface area contributed by atoms with E-state index in [1.807, 2.05) is 42.2 Å². The van der Waals surface area contributed by atoms with Crippen molar-refractivity contribution in [2.24, 2.45) is 0 Å². The molecule has 5 heteroatoms. The second-order valence-corrected chi connectivity index (χ2v) is 7.48. The highest BCUT2D eigenvalue weighted by Crippen LogP contribution is 2.29. The topological polar surface area (TPSA) is 26.8 Å². The number of anilines is 2. The third kappa shape index (κ3) is 3.31. The minimum absolute atomic E-state index is 0.0948. The Morgan fingerprint density at radius 2 is 1.77 bits per heavy atom. The molecule has 0 spiro atoms. The van der Waals surface area contributed by atoms with Crippen molar-refractivity contribution in [3.8, 4) is 0 Å². The second kappa shape index (κ2) is 7.29. The molecule has 2 aromatic carbocycles. The van der Waals surface area contributed by atoms with Crippen molar-refractivity contribution in [2.75, 3.05) is 42.5 Å². The van der Waals surface area contributed by atoms with Gasteiger partial charge in [0.2, 0.25) is 5.91 Å². The van der Waals surface area contributed by atoms with E-state index in [4.69, 9.17) is 11.6 Å². The second-order valence-electron chi connectivity index (χ2n) is 7.05. The number of hydrogen-bond acceptors (Lipinski definition) is 3. The Hall–Kier alpha value is -2.04. The zero-order valence-electron chi connectivity index (χ0n) is 15.1. The minimum Gasteiger partial charge on any atom is -0.369 e. The lowest BCUT2D eigenvalue weighted by Gasteiger charge is -2.39. The number of rotatable bonds is 3. The first kappa shape index (κ1) is 17.4. The molecule has 1 saturated heterocycles. The summed E-state index contributed by atoms with van der Waals surface area (Å²) in [4.78, 5) is 19.7. The van der Waals surface area contributed by atoms with Gasteiger partial charge in [-0.1, -0.05) is 35.9 Å². The summed E-state index contributed by atoms with van der Waals surface area (Å²) in [5.74, 6) is 0.214. The van der Waals surface area contributed by atoms with Crippen LogP contribution in [-0.2, 0) is 11.2 Å². The van der Waals surface area contributed by atoms with Crippen LogP contribution in [0.3, 0.4) is 0 Å². The van der Waals surface area contributed by atoms with Crippen molar-refractivity contribution in [3.05, 3.63) is 59.1 Å². The normalized spacial score (nSPS) is 18.7. The van der Waals surface area contributed by atoms with E-state index in [0.29, 0.717) is 0 Å². The van der Waals surface area contributed by atoms with Crippen molar-refractivity contribution in [1.29, 1.82) is 0 Å². The Balaban J connectivity index is 1.39. The summed E-state index contributed by atoms with van der Waals surface area (Å²) in [7, 11) is 0. The van der Waals surface area contributed by atoms with Crippen LogP contribution in [0.5, 0.6) is 0 Å². The smallest absolute Gasteiger partial charge is 0.244 e. The molecule has 2 aliphatic heterocycles. The number of piperazine rings is 1. The van der Waals surface area contributed by atoms with E-state index in [2.05, 4.69) is 28.0 Å². The van der Waals surface area contributed by atoms with Crippen molar-refractivity contribution in [2.45, 2.75) is 19.4 Å². The predicted octanol–water partition coefficient (Wildman–Crippen LogP) is 3.44. The van der Waals surface area contributed by atoms with Gasteiger partial charge in [0.1, 0.15) is 0 Å². The number of benzene rings is 2. The zero-order valence-corrected chi connectivity index (χ0v) is 15.8. The third-order valence-electron chi connectivity index (χ3n) is 5.55. The molecule has 0 aromatic heterocycles. The molecule has 0 bridgehead atoms. The maximum atomic E-state index is 13.1. The fourth-order valence-corrected chi connectivity index (χ4v) is 4.17. The van der Waals surface area contributed by atoms with Gasteiger partial charge in [0.25, 0.3) is 0 Å². The van der Waals surface area contributed by atoms with Crippen LogP contribution in [-0.4, -0.2) is 49.6 Å². The minimum atomic E-state index is -0.0948. The first-order valence-electron chi connectivity index (χ1n) is 9.27. The molecule has 0 radical (unpaired) electrons. The lowest BCUT2D eigenvalue weighted by atomic mass is 10.1. The summed E-state index contributed by atoms with van der Waals surface area (Å²) in [5, 5.41) is 0.765. The SMILES string of the molecule is CC(C(=O)N1CCc2ccccc21)N1CCN(c2cccc(Cl)c2)CC1. The van der Waals surface area contributed by atoms with Crippen LogP contribution in [0.25, 0.3) is 0 Å². The Bertz CT molecular complexity index is 801. The molecular weight excluding hydrogens is 346 g/mol. The van der Waals surface area contributed by atoms with Gasteiger partial charge in [-0.25, -0.2) is 0 Å². The summed E-state index contributed by atoms with van der Waals surface area (Å²) in [5.41, 5.74) is 3.52. The maximum absolute atomic E-state index is 13.1. The van der Waals surface area contributed by atoms with Crippen LogP contribution < -0.4 is 9.80 Å². The van der Waals surface area contributed by atoms with Crippen molar-refractivity contribution in [1.82, 2.24) is 4.90 Å². The quantitative estimate of drug-likeness (QED) is 0.829. The third-order valence-corrected chi connectivity index (χ3v) is 5.78. The number of carbonyl (C=O) groups is 1. The van der Waals surface area contributed by atoms with Crippen LogP contribution >= 0.6 is 11.6 Å². The fraction of sp³-hybridized carbons (Fsp3) is 0.381. The van der Waals surface area contributed by atoms with Crippen LogP contribution in [0, 0.1) is 0 Å². The summed E-state index contributed by atoms with van der Waals surface area (Å²) >= 11 is 6.11. The lowest BCUT2D eigenvalue weighted by molar-refractivity contribution is -0.123. The molecule has 26 heavy (non-hydrogen) atoms. The highest BCUT2D eigenvalue weighted by atomic mass is 35.5. The van der Waals surface area contributed by atoms with Crippen molar-refractivity contribution >= 4 is 28.9 Å². The monoisotopic (exact) mass is 369 g/mol. The molecule has 1 unspecified atom stereocenters. The van der Waals surface area contributed by atoms with E-state index < -0.39 is 0 Å². The number of hydrogen-bond donors (Lipinski definition) is 0. The average Bonchev–Trinajstić information content (AvgIpc) is 3.11. The largest absolute Gasteiger partial charge is 0.369 e. The van der Waals surface area contributed by atoms with E-state index in [1.54, 1.807) is 0 Å². The van der Waals surface area contributed by atoms with E-state index in [-0.39, 0.29) is 11.9 Å². The Morgan fingerprint density at radius 3 is 2.54 bits per heavy atom. The first-order valence-corrected chi connectivity index (χ1v) is 9.65. The van der Waals surface area contributed by atoms with E-state index in [1.165, 1.54) is 5.56 Å². The van der Waals surface area contributed by atoms with Gasteiger partial charge < -0.3 is 9.80 Å². The van der Waals surface area contributed by atoms with Gasteiger partial charge in [0.05, 0.1) is 6.04 Å². The van der Waals surface area contributed by atoms with E-state index >= 15 is 0 Å². The number of nitrogens with zero attached hydrogens (tertiary/aromatic N) is 3. The van der Waals surface area contributed by atoms with Gasteiger partial charge in [-0.2, -0.15) is 0 Å². The summed E-state index contributed by atoms with van der Waals surface area (Å²) in [6.45, 7) is 6.43. The standard InChI is InChI=1S/C21H24ClN3O/c1-16(21(26)25-10-9-17-5-2-3-8-20(17)25)23-11-13-24(14-12-23)19-7-4-6-18(22)15-19/h2-8,15-16H,9-14H2,1H3. The highest BCUT2D eigenvalue weighted by molar-refractivity contribution is 6.30. The van der Waals surface area contributed by atoms with Crippen LogP contribution in [0.15, 0.2) is 48.5 Å². The fourth-order valence-electron chi connectivity index (χ4n) is 3.99. The van der Waals surface area contributed by atoms with Crippen LogP contribution in [0.1, 0.15) is 12.5 Å². The first-order chi connectivity index (χ1) is 12.6. The maximum Gasteiger partial charge on any atom is 0.244 e. The number of carbonyl (C=O) groups excluding carboxylic acids is 1.